The van der Waals surface area contributed by atoms with Gasteiger partial charge in [0.1, 0.15) is 0 Å². The summed E-state index contributed by atoms with van der Waals surface area (Å²) in [5.74, 6) is 1.37. The van der Waals surface area contributed by atoms with E-state index >= 15 is 0 Å². The molecule has 1 aliphatic heterocycles. The van der Waals surface area contributed by atoms with Gasteiger partial charge in [-0.3, -0.25) is 0 Å². The van der Waals surface area contributed by atoms with Crippen LogP contribution in [0.5, 0.6) is 0 Å². The van der Waals surface area contributed by atoms with Gasteiger partial charge in [0.25, 0.3) is 0 Å². The molecule has 2 bridgehead atoms. The van der Waals surface area contributed by atoms with Crippen molar-refractivity contribution in [1.82, 2.24) is 0 Å². The summed E-state index contributed by atoms with van der Waals surface area (Å²) < 4.78 is 0. The Kier molecular flexibility index (Phi) is 3.74. The van der Waals surface area contributed by atoms with Gasteiger partial charge in [0, 0.05) is 5.02 Å². The molecule has 0 unspecified atom stereocenters. The molecule has 5 atom stereocenters. The molecule has 0 amide bonds. The van der Waals surface area contributed by atoms with Crippen LogP contribution in [0.3, 0.4) is 0 Å². The normalized spacial score (nSPS) is 31.2. The number of fused-ring (bicyclic) bond motifs is 7. The fraction of sp³-hybridized carbons (Fsp3) is 0.381. The highest BCUT2D eigenvalue weighted by Crippen LogP contribution is 2.65. The summed E-state index contributed by atoms with van der Waals surface area (Å²) in [5, 5.41) is 14.3. The molecule has 5 heteroatoms. The lowest BCUT2D eigenvalue weighted by molar-refractivity contribution is 0.0697. The molecule has 2 N–H and O–H groups in total. The maximum absolute atomic E-state index is 11.2. The Morgan fingerprint density at radius 1 is 1.00 bits per heavy atom. The van der Waals surface area contributed by atoms with Gasteiger partial charge in [-0.25, -0.2) is 4.79 Å². The van der Waals surface area contributed by atoms with E-state index in [0.717, 1.165) is 16.3 Å². The van der Waals surface area contributed by atoms with Crippen molar-refractivity contribution in [3.8, 4) is 0 Å². The first-order valence-corrected chi connectivity index (χ1v) is 9.88. The van der Waals surface area contributed by atoms with E-state index in [4.69, 9.17) is 23.2 Å². The molecule has 2 aromatic carbocycles. The molecule has 0 aromatic heterocycles. The smallest absolute Gasteiger partial charge is 0.335 e. The Labute approximate surface area is 162 Å². The van der Waals surface area contributed by atoms with E-state index in [1.165, 1.54) is 24.8 Å². The summed E-state index contributed by atoms with van der Waals surface area (Å²) in [6.45, 7) is 0. The molecule has 2 fully saturated rings. The molecule has 5 rings (SSSR count). The molecule has 0 spiro atoms. The molecule has 2 aromatic rings. The van der Waals surface area contributed by atoms with Crippen molar-refractivity contribution >= 4 is 34.9 Å². The van der Waals surface area contributed by atoms with Gasteiger partial charge >= 0.3 is 5.97 Å². The molecule has 134 valence electrons. The zero-order valence-corrected chi connectivity index (χ0v) is 15.6. The number of aromatic carboxylic acids is 1. The van der Waals surface area contributed by atoms with Crippen LogP contribution in [0.1, 0.15) is 52.7 Å². The van der Waals surface area contributed by atoms with Crippen molar-refractivity contribution in [1.29, 1.82) is 0 Å². The highest BCUT2D eigenvalue weighted by Gasteiger charge is 2.54. The Hall–Kier alpha value is -1.71. The molecular formula is C21H19Cl2NO2. The summed E-state index contributed by atoms with van der Waals surface area (Å²) in [6.07, 6.45) is 3.78. The first-order valence-electron chi connectivity index (χ1n) is 9.12. The first kappa shape index (κ1) is 16.5. The number of anilines is 1. The van der Waals surface area contributed by atoms with Crippen LogP contribution in [-0.2, 0) is 0 Å². The van der Waals surface area contributed by atoms with Gasteiger partial charge in [0.05, 0.1) is 22.3 Å². The lowest BCUT2D eigenvalue weighted by atomic mass is 9.68. The van der Waals surface area contributed by atoms with Gasteiger partial charge in [0.15, 0.2) is 0 Å². The topological polar surface area (TPSA) is 49.3 Å². The second kappa shape index (κ2) is 5.90. The van der Waals surface area contributed by atoms with Crippen molar-refractivity contribution in [3.63, 3.8) is 0 Å². The van der Waals surface area contributed by atoms with Crippen molar-refractivity contribution in [2.75, 3.05) is 5.32 Å². The van der Waals surface area contributed by atoms with Crippen molar-refractivity contribution in [2.24, 2.45) is 17.8 Å². The molecule has 0 saturated heterocycles. The van der Waals surface area contributed by atoms with Gasteiger partial charge in [-0.2, -0.15) is 0 Å². The number of hydrogen-bond donors (Lipinski definition) is 2. The van der Waals surface area contributed by atoms with E-state index in [9.17, 15) is 9.90 Å². The minimum Gasteiger partial charge on any atom is -0.478 e. The molecule has 0 radical (unpaired) electrons. The first-order chi connectivity index (χ1) is 12.5. The number of rotatable bonds is 2. The minimum atomic E-state index is -0.897. The number of carboxylic acids is 1. The van der Waals surface area contributed by atoms with E-state index in [-0.39, 0.29) is 6.04 Å². The Bertz CT molecular complexity index is 896. The van der Waals surface area contributed by atoms with Crippen LogP contribution in [0.25, 0.3) is 0 Å². The quantitative estimate of drug-likeness (QED) is 0.665. The summed E-state index contributed by atoms with van der Waals surface area (Å²) in [6, 6.07) is 11.2. The van der Waals surface area contributed by atoms with Crippen LogP contribution in [-0.4, -0.2) is 11.1 Å². The maximum Gasteiger partial charge on any atom is 0.335 e. The number of nitrogens with one attached hydrogen (secondary N) is 1. The van der Waals surface area contributed by atoms with Crippen LogP contribution < -0.4 is 5.32 Å². The second-order valence-electron chi connectivity index (χ2n) is 7.80. The van der Waals surface area contributed by atoms with E-state index < -0.39 is 5.97 Å². The molecular weight excluding hydrogens is 369 g/mol. The summed E-state index contributed by atoms with van der Waals surface area (Å²) >= 11 is 13.1. The van der Waals surface area contributed by atoms with Crippen LogP contribution >= 0.6 is 23.2 Å². The van der Waals surface area contributed by atoms with Crippen molar-refractivity contribution in [2.45, 2.75) is 31.2 Å². The number of hydrogen-bond acceptors (Lipinski definition) is 2. The van der Waals surface area contributed by atoms with Gasteiger partial charge in [-0.15, -0.1) is 0 Å². The number of carbonyl (C=O) groups is 1. The molecule has 3 nitrogen and oxygen atoms in total. The van der Waals surface area contributed by atoms with Gasteiger partial charge in [0.2, 0.25) is 0 Å². The Balaban J connectivity index is 1.63. The zero-order valence-electron chi connectivity index (χ0n) is 14.1. The lowest BCUT2D eigenvalue weighted by Gasteiger charge is -2.44. The fourth-order valence-electron chi connectivity index (χ4n) is 5.67. The number of benzene rings is 2. The predicted octanol–water partition coefficient (Wildman–Crippen LogP) is 5.99. The highest BCUT2D eigenvalue weighted by atomic mass is 35.5. The summed E-state index contributed by atoms with van der Waals surface area (Å²) in [5.41, 5.74) is 3.59. The molecule has 3 aliphatic rings. The van der Waals surface area contributed by atoms with Crippen LogP contribution in [0.2, 0.25) is 10.0 Å². The fourth-order valence-corrected chi connectivity index (χ4v) is 6.18. The van der Waals surface area contributed by atoms with Crippen LogP contribution in [0.4, 0.5) is 5.69 Å². The van der Waals surface area contributed by atoms with E-state index in [1.807, 2.05) is 24.3 Å². The Morgan fingerprint density at radius 3 is 2.42 bits per heavy atom. The predicted molar refractivity (Wildman–Crippen MR) is 103 cm³/mol. The van der Waals surface area contributed by atoms with Gasteiger partial charge in [-0.05, 0) is 78.3 Å². The third-order valence-electron chi connectivity index (χ3n) is 6.66. The Morgan fingerprint density at radius 2 is 1.69 bits per heavy atom. The average molecular weight is 388 g/mol. The number of halogens is 2. The largest absolute Gasteiger partial charge is 0.478 e. The monoisotopic (exact) mass is 387 g/mol. The second-order valence-corrected chi connectivity index (χ2v) is 8.62. The zero-order chi connectivity index (χ0) is 18.0. The van der Waals surface area contributed by atoms with Crippen LogP contribution in [0, 0.1) is 17.8 Å². The van der Waals surface area contributed by atoms with Crippen LogP contribution in [0.15, 0.2) is 36.4 Å². The average Bonchev–Trinajstić information content (AvgIpc) is 3.26. The minimum absolute atomic E-state index is 0.140. The third kappa shape index (κ3) is 2.30. The molecule has 2 aliphatic carbocycles. The lowest BCUT2D eigenvalue weighted by Crippen LogP contribution is -2.35. The van der Waals surface area contributed by atoms with E-state index in [0.29, 0.717) is 34.3 Å². The SMILES string of the molecule is O=C(O)c1ccc([C@@H]2Nc3c(Cl)ccc(Cl)c3[C@H]3[C@H]4CC[C@@H](C4)[C@H]32)cc1. The van der Waals surface area contributed by atoms with Gasteiger partial charge in [-0.1, -0.05) is 35.3 Å². The highest BCUT2D eigenvalue weighted by molar-refractivity contribution is 6.36. The standard InChI is InChI=1S/C21H19Cl2NO2/c22-14-7-8-15(23)20-18(14)16-12-5-6-13(9-12)17(16)19(24-20)10-1-3-11(4-2-10)21(25)26/h1-4,7-8,12-13,16-17,19,24H,5-6,9H2,(H,25,26)/t12-,13-,16-,17+,19-/m0/s1. The molecule has 2 saturated carbocycles. The molecule has 26 heavy (non-hydrogen) atoms. The number of carboxylic acid groups (broad SMARTS) is 1. The van der Waals surface area contributed by atoms with Crippen molar-refractivity contribution in [3.05, 3.63) is 63.1 Å². The molecule has 1 heterocycles. The maximum atomic E-state index is 11.2. The van der Waals surface area contributed by atoms with Gasteiger partial charge < -0.3 is 10.4 Å². The third-order valence-corrected chi connectivity index (χ3v) is 7.30. The van der Waals surface area contributed by atoms with E-state index in [2.05, 4.69) is 5.32 Å². The van der Waals surface area contributed by atoms with Crippen molar-refractivity contribution < 1.29 is 9.90 Å². The van der Waals surface area contributed by atoms with E-state index in [1.54, 1.807) is 12.1 Å². The summed E-state index contributed by atoms with van der Waals surface area (Å²) in [4.78, 5) is 11.2. The summed E-state index contributed by atoms with van der Waals surface area (Å²) in [7, 11) is 0.